The third kappa shape index (κ3) is 2.54. The van der Waals surface area contributed by atoms with Crippen LogP contribution < -0.4 is 11.4 Å². The SMILES string of the molecule is Nc1ccc(Cn2c(=O)[nH]c3cnc(C(F)(F)F)cc32)cc1. The highest BCUT2D eigenvalue weighted by atomic mass is 19.4. The Labute approximate surface area is 122 Å². The Balaban J connectivity index is 2.10. The normalized spacial score (nSPS) is 12.0. The Bertz CT molecular complexity index is 878. The van der Waals surface area contributed by atoms with Crippen LogP contribution in [0.2, 0.25) is 0 Å². The van der Waals surface area contributed by atoms with Crippen molar-refractivity contribution in [1.82, 2.24) is 14.5 Å². The van der Waals surface area contributed by atoms with E-state index in [1.54, 1.807) is 24.3 Å². The summed E-state index contributed by atoms with van der Waals surface area (Å²) in [6, 6.07) is 7.62. The number of nitrogens with two attached hydrogens (primary N) is 1. The fraction of sp³-hybridized carbons (Fsp3) is 0.143. The zero-order valence-corrected chi connectivity index (χ0v) is 11.2. The molecule has 0 atom stereocenters. The molecule has 0 radical (unpaired) electrons. The summed E-state index contributed by atoms with van der Waals surface area (Å²) in [5.41, 5.74) is 5.79. The number of hydrogen-bond acceptors (Lipinski definition) is 3. The molecule has 0 spiro atoms. The Morgan fingerprint density at radius 3 is 2.55 bits per heavy atom. The zero-order chi connectivity index (χ0) is 15.9. The van der Waals surface area contributed by atoms with E-state index in [1.807, 2.05) is 0 Å². The number of rotatable bonds is 2. The minimum atomic E-state index is -4.56. The first-order valence-electron chi connectivity index (χ1n) is 6.35. The van der Waals surface area contributed by atoms with E-state index >= 15 is 0 Å². The predicted molar refractivity (Wildman–Crippen MR) is 75.3 cm³/mol. The Hall–Kier alpha value is -2.77. The van der Waals surface area contributed by atoms with Crippen LogP contribution in [0.15, 0.2) is 41.3 Å². The highest BCUT2D eigenvalue weighted by molar-refractivity contribution is 5.74. The minimum absolute atomic E-state index is 0.139. The number of H-pyrrole nitrogens is 1. The van der Waals surface area contributed by atoms with Gasteiger partial charge in [0.2, 0.25) is 0 Å². The molecule has 0 saturated heterocycles. The lowest BCUT2D eigenvalue weighted by Gasteiger charge is -2.07. The van der Waals surface area contributed by atoms with Crippen LogP contribution in [0, 0.1) is 0 Å². The fourth-order valence-corrected chi connectivity index (χ4v) is 2.17. The number of aromatic amines is 1. The molecule has 5 nitrogen and oxygen atoms in total. The van der Waals surface area contributed by atoms with E-state index in [0.29, 0.717) is 5.69 Å². The van der Waals surface area contributed by atoms with Crippen LogP contribution in [-0.2, 0) is 12.7 Å². The van der Waals surface area contributed by atoms with E-state index < -0.39 is 17.6 Å². The summed E-state index contributed by atoms with van der Waals surface area (Å²) in [4.78, 5) is 17.8. The highest BCUT2D eigenvalue weighted by Gasteiger charge is 2.33. The lowest BCUT2D eigenvalue weighted by molar-refractivity contribution is -0.141. The van der Waals surface area contributed by atoms with Crippen molar-refractivity contribution in [2.75, 3.05) is 5.73 Å². The molecule has 3 aromatic rings. The second kappa shape index (κ2) is 4.90. The molecule has 2 heterocycles. The first-order valence-corrected chi connectivity index (χ1v) is 6.35. The van der Waals surface area contributed by atoms with E-state index in [1.165, 1.54) is 4.57 Å². The zero-order valence-electron chi connectivity index (χ0n) is 11.2. The molecule has 2 aromatic heterocycles. The Morgan fingerprint density at radius 2 is 1.91 bits per heavy atom. The lowest BCUT2D eigenvalue weighted by atomic mass is 10.2. The van der Waals surface area contributed by atoms with E-state index in [4.69, 9.17) is 5.73 Å². The molecule has 0 fully saturated rings. The molecule has 114 valence electrons. The lowest BCUT2D eigenvalue weighted by Crippen LogP contribution is -2.17. The molecule has 8 heteroatoms. The van der Waals surface area contributed by atoms with Gasteiger partial charge in [-0.2, -0.15) is 13.2 Å². The van der Waals surface area contributed by atoms with Crippen molar-refractivity contribution < 1.29 is 13.2 Å². The number of imidazole rings is 1. The molecule has 22 heavy (non-hydrogen) atoms. The van der Waals surface area contributed by atoms with Gasteiger partial charge in [0.15, 0.2) is 0 Å². The van der Waals surface area contributed by atoms with Gasteiger partial charge in [-0.25, -0.2) is 9.78 Å². The molecule has 3 N–H and O–H groups in total. The van der Waals surface area contributed by atoms with Crippen LogP contribution in [0.3, 0.4) is 0 Å². The average Bonchev–Trinajstić information content (AvgIpc) is 2.76. The van der Waals surface area contributed by atoms with E-state index in [9.17, 15) is 18.0 Å². The van der Waals surface area contributed by atoms with Crippen LogP contribution >= 0.6 is 0 Å². The van der Waals surface area contributed by atoms with Crippen molar-refractivity contribution in [2.24, 2.45) is 0 Å². The molecule has 0 aliphatic carbocycles. The molecular weight excluding hydrogens is 297 g/mol. The minimum Gasteiger partial charge on any atom is -0.399 e. The number of benzene rings is 1. The average molecular weight is 308 g/mol. The summed E-state index contributed by atoms with van der Waals surface area (Å²) in [6.07, 6.45) is -3.55. The van der Waals surface area contributed by atoms with Gasteiger partial charge in [-0.3, -0.25) is 4.57 Å². The van der Waals surface area contributed by atoms with Gasteiger partial charge in [0.1, 0.15) is 5.69 Å². The molecule has 0 aliphatic rings. The second-order valence-corrected chi connectivity index (χ2v) is 4.84. The maximum atomic E-state index is 12.8. The van der Waals surface area contributed by atoms with Crippen LogP contribution in [0.25, 0.3) is 11.0 Å². The molecule has 0 aliphatic heterocycles. The number of nitrogen functional groups attached to an aromatic ring is 1. The van der Waals surface area contributed by atoms with Crippen molar-refractivity contribution in [3.8, 4) is 0 Å². The smallest absolute Gasteiger partial charge is 0.399 e. The number of pyridine rings is 1. The first-order chi connectivity index (χ1) is 10.3. The Kier molecular flexibility index (Phi) is 3.16. The monoisotopic (exact) mass is 308 g/mol. The summed E-state index contributed by atoms with van der Waals surface area (Å²) in [5, 5.41) is 0. The summed E-state index contributed by atoms with van der Waals surface area (Å²) >= 11 is 0. The van der Waals surface area contributed by atoms with Crippen molar-refractivity contribution in [3.63, 3.8) is 0 Å². The summed E-state index contributed by atoms with van der Waals surface area (Å²) in [5.74, 6) is 0. The van der Waals surface area contributed by atoms with Gasteiger partial charge in [-0.15, -0.1) is 0 Å². The van der Waals surface area contributed by atoms with Crippen LogP contribution in [0.1, 0.15) is 11.3 Å². The topological polar surface area (TPSA) is 76.7 Å². The third-order valence-corrected chi connectivity index (χ3v) is 3.27. The number of hydrogen-bond donors (Lipinski definition) is 2. The number of nitrogens with one attached hydrogen (secondary N) is 1. The standard InChI is InChI=1S/C14H11F3N4O/c15-14(16,17)12-5-11-10(6-19-12)20-13(22)21(11)7-8-1-3-9(18)4-2-8/h1-6H,7,18H2,(H,20,22). The van der Waals surface area contributed by atoms with Gasteiger partial charge in [-0.1, -0.05) is 12.1 Å². The summed E-state index contributed by atoms with van der Waals surface area (Å²) in [7, 11) is 0. The summed E-state index contributed by atoms with van der Waals surface area (Å²) in [6.45, 7) is 0.139. The van der Waals surface area contributed by atoms with Gasteiger partial charge in [0, 0.05) is 5.69 Å². The first kappa shape index (κ1) is 14.2. The number of anilines is 1. The Morgan fingerprint density at radius 1 is 1.23 bits per heavy atom. The predicted octanol–water partition coefficient (Wildman–Crippen LogP) is 2.37. The molecule has 0 bridgehead atoms. The van der Waals surface area contributed by atoms with Gasteiger partial charge in [0.25, 0.3) is 0 Å². The van der Waals surface area contributed by atoms with E-state index in [2.05, 4.69) is 9.97 Å². The fourth-order valence-electron chi connectivity index (χ4n) is 2.17. The number of halogens is 3. The summed E-state index contributed by atoms with van der Waals surface area (Å²) < 4.78 is 39.5. The van der Waals surface area contributed by atoms with Crippen molar-refractivity contribution in [1.29, 1.82) is 0 Å². The van der Waals surface area contributed by atoms with E-state index in [-0.39, 0.29) is 17.6 Å². The molecule has 3 rings (SSSR count). The molecule has 0 saturated carbocycles. The molecule has 0 unspecified atom stereocenters. The number of alkyl halides is 3. The maximum Gasteiger partial charge on any atom is 0.433 e. The van der Waals surface area contributed by atoms with Crippen LogP contribution in [0.4, 0.5) is 18.9 Å². The van der Waals surface area contributed by atoms with Gasteiger partial charge in [0.05, 0.1) is 23.8 Å². The van der Waals surface area contributed by atoms with Crippen LogP contribution in [-0.4, -0.2) is 14.5 Å². The third-order valence-electron chi connectivity index (χ3n) is 3.27. The quantitative estimate of drug-likeness (QED) is 0.714. The number of aromatic nitrogens is 3. The van der Waals surface area contributed by atoms with Crippen molar-refractivity contribution in [3.05, 3.63) is 58.3 Å². The highest BCUT2D eigenvalue weighted by Crippen LogP contribution is 2.29. The van der Waals surface area contributed by atoms with E-state index in [0.717, 1.165) is 17.8 Å². The molecular formula is C14H11F3N4O. The van der Waals surface area contributed by atoms with Crippen molar-refractivity contribution >= 4 is 16.7 Å². The number of fused-ring (bicyclic) bond motifs is 1. The second-order valence-electron chi connectivity index (χ2n) is 4.84. The van der Waals surface area contributed by atoms with Gasteiger partial charge in [-0.05, 0) is 23.8 Å². The largest absolute Gasteiger partial charge is 0.433 e. The molecule has 0 amide bonds. The van der Waals surface area contributed by atoms with Gasteiger partial charge < -0.3 is 10.7 Å². The maximum absolute atomic E-state index is 12.8. The van der Waals surface area contributed by atoms with Crippen molar-refractivity contribution in [2.45, 2.75) is 12.7 Å². The number of nitrogens with zero attached hydrogens (tertiary/aromatic N) is 2. The van der Waals surface area contributed by atoms with Gasteiger partial charge >= 0.3 is 11.9 Å². The van der Waals surface area contributed by atoms with Crippen LogP contribution in [0.5, 0.6) is 0 Å². The molecule has 1 aromatic carbocycles.